The van der Waals surface area contributed by atoms with Gasteiger partial charge in [0, 0.05) is 13.7 Å². The maximum absolute atomic E-state index is 11.9. The number of aromatic hydroxyl groups is 2. The van der Waals surface area contributed by atoms with Crippen molar-refractivity contribution in [2.24, 2.45) is 0 Å². The smallest absolute Gasteiger partial charge is 0.259 e. The van der Waals surface area contributed by atoms with Crippen LogP contribution in [0.1, 0.15) is 17.3 Å². The van der Waals surface area contributed by atoms with Gasteiger partial charge in [-0.2, -0.15) is 0 Å². The summed E-state index contributed by atoms with van der Waals surface area (Å²) in [6, 6.07) is 3.15. The number of hydrogen-bond donors (Lipinski definition) is 4. The van der Waals surface area contributed by atoms with Crippen molar-refractivity contribution in [3.05, 3.63) is 23.8 Å². The van der Waals surface area contributed by atoms with Crippen molar-refractivity contribution in [3.63, 3.8) is 0 Å². The van der Waals surface area contributed by atoms with E-state index in [9.17, 15) is 19.8 Å². The number of phenolic OH excluding ortho intramolecular Hbond substituents is 2. The van der Waals surface area contributed by atoms with Crippen molar-refractivity contribution in [2.75, 3.05) is 20.3 Å². The first kappa shape index (κ1) is 15.8. The number of phenols is 2. The highest BCUT2D eigenvalue weighted by atomic mass is 16.5. The molecule has 0 radical (unpaired) electrons. The van der Waals surface area contributed by atoms with Crippen LogP contribution in [-0.4, -0.2) is 48.3 Å². The van der Waals surface area contributed by atoms with Crippen molar-refractivity contribution in [1.29, 1.82) is 0 Å². The number of nitrogens with one attached hydrogen (secondary N) is 2. The lowest BCUT2D eigenvalue weighted by Gasteiger charge is -2.15. The third-order valence-electron chi connectivity index (χ3n) is 2.59. The summed E-state index contributed by atoms with van der Waals surface area (Å²) in [5.41, 5.74) is -0.260. The normalized spacial score (nSPS) is 11.7. The highest BCUT2D eigenvalue weighted by Crippen LogP contribution is 2.25. The molecule has 1 rings (SSSR count). The topological polar surface area (TPSA) is 108 Å². The molecule has 0 aliphatic rings. The molecule has 1 unspecified atom stereocenters. The van der Waals surface area contributed by atoms with Crippen LogP contribution >= 0.6 is 0 Å². The minimum atomic E-state index is -0.807. The van der Waals surface area contributed by atoms with Gasteiger partial charge in [-0.3, -0.25) is 9.59 Å². The summed E-state index contributed by atoms with van der Waals surface area (Å²) in [4.78, 5) is 23.5. The Balaban J connectivity index is 2.64. The summed E-state index contributed by atoms with van der Waals surface area (Å²) >= 11 is 0. The zero-order chi connectivity index (χ0) is 15.1. The van der Waals surface area contributed by atoms with Crippen LogP contribution in [0.4, 0.5) is 0 Å². The Bertz CT molecular complexity index is 469. The second-order valence-corrected chi connectivity index (χ2v) is 4.15. The van der Waals surface area contributed by atoms with Gasteiger partial charge in [-0.1, -0.05) is 6.07 Å². The highest BCUT2D eigenvalue weighted by molar-refractivity contribution is 6.01. The minimum Gasteiger partial charge on any atom is -0.507 e. The molecule has 20 heavy (non-hydrogen) atoms. The van der Waals surface area contributed by atoms with Crippen molar-refractivity contribution in [2.45, 2.75) is 13.0 Å². The molecule has 0 saturated carbocycles. The first-order chi connectivity index (χ1) is 9.47. The zero-order valence-corrected chi connectivity index (χ0v) is 11.3. The maximum atomic E-state index is 11.9. The summed E-state index contributed by atoms with van der Waals surface area (Å²) in [5.74, 6) is -1.82. The lowest BCUT2D eigenvalue weighted by molar-refractivity contribution is -0.122. The van der Waals surface area contributed by atoms with E-state index in [1.54, 1.807) is 0 Å². The Kier molecular flexibility index (Phi) is 5.79. The number of carbonyl (C=O) groups excluding carboxylic acids is 2. The molecule has 0 aliphatic heterocycles. The largest absolute Gasteiger partial charge is 0.507 e. The molecule has 0 aromatic heterocycles. The number of ether oxygens (including phenoxy) is 1. The lowest BCUT2D eigenvalue weighted by Crippen LogP contribution is -2.45. The second kappa shape index (κ2) is 7.34. The third kappa shape index (κ3) is 4.13. The van der Waals surface area contributed by atoms with E-state index in [0.717, 1.165) is 0 Å². The summed E-state index contributed by atoms with van der Waals surface area (Å²) in [7, 11) is 1.51. The van der Waals surface area contributed by atoms with Gasteiger partial charge in [0.2, 0.25) is 5.91 Å². The molecule has 7 heteroatoms. The Morgan fingerprint density at radius 1 is 1.30 bits per heavy atom. The molecule has 1 atom stereocenters. The summed E-state index contributed by atoms with van der Waals surface area (Å²) in [6.45, 7) is 2.20. The fraction of sp³-hybridized carbons (Fsp3) is 0.385. The summed E-state index contributed by atoms with van der Waals surface area (Å²) in [6.07, 6.45) is 0. The molecule has 0 aliphatic carbocycles. The number of methoxy groups -OCH3 is 1. The lowest BCUT2D eigenvalue weighted by atomic mass is 10.1. The standard InChI is InChI=1S/C13H18N2O5/c1-8(12(18)14-6-7-20-2)15-13(19)11-9(16)4-3-5-10(11)17/h3-5,8,16-17H,6-7H2,1-2H3,(H,14,18)(H,15,19). The van der Waals surface area contributed by atoms with Crippen molar-refractivity contribution >= 4 is 11.8 Å². The first-order valence-corrected chi connectivity index (χ1v) is 6.05. The van der Waals surface area contributed by atoms with Crippen LogP contribution < -0.4 is 10.6 Å². The Morgan fingerprint density at radius 3 is 2.45 bits per heavy atom. The van der Waals surface area contributed by atoms with E-state index in [1.807, 2.05) is 0 Å². The van der Waals surface area contributed by atoms with Gasteiger partial charge in [0.25, 0.3) is 5.91 Å². The fourth-order valence-electron chi connectivity index (χ4n) is 1.52. The molecule has 0 spiro atoms. The van der Waals surface area contributed by atoms with Gasteiger partial charge in [0.05, 0.1) is 6.61 Å². The van der Waals surface area contributed by atoms with Crippen LogP contribution in [0.15, 0.2) is 18.2 Å². The van der Waals surface area contributed by atoms with E-state index in [0.29, 0.717) is 13.2 Å². The second-order valence-electron chi connectivity index (χ2n) is 4.15. The van der Waals surface area contributed by atoms with Crippen molar-refractivity contribution in [1.82, 2.24) is 10.6 Å². The van der Waals surface area contributed by atoms with Gasteiger partial charge in [-0.25, -0.2) is 0 Å². The van der Waals surface area contributed by atoms with Gasteiger partial charge in [-0.05, 0) is 19.1 Å². The molecule has 1 aromatic carbocycles. The maximum Gasteiger partial charge on any atom is 0.259 e. The Morgan fingerprint density at radius 2 is 1.90 bits per heavy atom. The molecule has 0 bridgehead atoms. The van der Waals surface area contributed by atoms with Crippen LogP contribution in [0.2, 0.25) is 0 Å². The van der Waals surface area contributed by atoms with E-state index < -0.39 is 11.9 Å². The Hall–Kier alpha value is -2.28. The van der Waals surface area contributed by atoms with Crippen LogP contribution in [-0.2, 0) is 9.53 Å². The SMILES string of the molecule is COCCNC(=O)C(C)NC(=O)c1c(O)cccc1O. The quantitative estimate of drug-likeness (QED) is 0.548. The third-order valence-corrected chi connectivity index (χ3v) is 2.59. The molecule has 2 amide bonds. The van der Waals surface area contributed by atoms with Gasteiger partial charge in [0.1, 0.15) is 23.1 Å². The first-order valence-electron chi connectivity index (χ1n) is 6.05. The average Bonchev–Trinajstić information content (AvgIpc) is 2.38. The molecule has 110 valence electrons. The van der Waals surface area contributed by atoms with Crippen molar-refractivity contribution in [3.8, 4) is 11.5 Å². The van der Waals surface area contributed by atoms with E-state index in [1.165, 1.54) is 32.2 Å². The predicted molar refractivity (Wildman–Crippen MR) is 71.6 cm³/mol. The predicted octanol–water partition coefficient (Wildman–Crippen LogP) is -0.0213. The summed E-state index contributed by atoms with van der Waals surface area (Å²) < 4.78 is 4.79. The van der Waals surface area contributed by atoms with Crippen LogP contribution in [0.3, 0.4) is 0 Å². The highest BCUT2D eigenvalue weighted by Gasteiger charge is 2.20. The zero-order valence-electron chi connectivity index (χ0n) is 11.3. The monoisotopic (exact) mass is 282 g/mol. The molecule has 1 aromatic rings. The van der Waals surface area contributed by atoms with E-state index in [4.69, 9.17) is 4.74 Å². The number of carbonyl (C=O) groups is 2. The fourth-order valence-corrected chi connectivity index (χ4v) is 1.52. The number of benzene rings is 1. The molecular weight excluding hydrogens is 264 g/mol. The molecule has 0 heterocycles. The van der Waals surface area contributed by atoms with E-state index in [-0.39, 0.29) is 23.0 Å². The Labute approximate surface area is 116 Å². The molecule has 4 N–H and O–H groups in total. The van der Waals surface area contributed by atoms with E-state index in [2.05, 4.69) is 10.6 Å². The number of amides is 2. The number of rotatable bonds is 6. The molecule has 7 nitrogen and oxygen atoms in total. The molecule has 0 saturated heterocycles. The van der Waals surface area contributed by atoms with Crippen LogP contribution in [0, 0.1) is 0 Å². The van der Waals surface area contributed by atoms with Crippen LogP contribution in [0.25, 0.3) is 0 Å². The van der Waals surface area contributed by atoms with Gasteiger partial charge in [0.15, 0.2) is 0 Å². The minimum absolute atomic E-state index is 0.260. The van der Waals surface area contributed by atoms with Crippen molar-refractivity contribution < 1.29 is 24.5 Å². The van der Waals surface area contributed by atoms with Crippen LogP contribution in [0.5, 0.6) is 11.5 Å². The average molecular weight is 282 g/mol. The number of hydrogen-bond acceptors (Lipinski definition) is 5. The van der Waals surface area contributed by atoms with Gasteiger partial charge in [-0.15, -0.1) is 0 Å². The molecular formula is C13H18N2O5. The van der Waals surface area contributed by atoms with Gasteiger partial charge < -0.3 is 25.6 Å². The molecule has 0 fully saturated rings. The summed E-state index contributed by atoms with van der Waals surface area (Å²) in [5, 5.41) is 24.1. The van der Waals surface area contributed by atoms with E-state index >= 15 is 0 Å². The van der Waals surface area contributed by atoms with Gasteiger partial charge >= 0.3 is 0 Å².